The molecule has 0 unspecified atom stereocenters. The molecule has 1 atom stereocenters. The van der Waals surface area contributed by atoms with E-state index < -0.39 is 0 Å². The number of rotatable bonds is 3. The molecule has 2 aromatic rings. The normalized spacial score (nSPS) is 12.3. The van der Waals surface area contributed by atoms with Crippen LogP contribution in [0.4, 0.5) is 4.39 Å². The number of halogens is 2. The Morgan fingerprint density at radius 3 is 2.37 bits per heavy atom. The first kappa shape index (κ1) is 14.0. The summed E-state index contributed by atoms with van der Waals surface area (Å²) in [6.07, 6.45) is 0. The molecule has 0 fully saturated rings. The molecule has 19 heavy (non-hydrogen) atoms. The lowest BCUT2D eigenvalue weighted by Gasteiger charge is -2.15. The van der Waals surface area contributed by atoms with Crippen molar-refractivity contribution in [2.24, 2.45) is 5.73 Å². The van der Waals surface area contributed by atoms with Gasteiger partial charge in [0.05, 0.1) is 17.6 Å². The smallest absolute Gasteiger partial charge is 0.137 e. The van der Waals surface area contributed by atoms with E-state index in [2.05, 4.69) is 15.9 Å². The minimum Gasteiger partial charge on any atom is -0.496 e. The maximum Gasteiger partial charge on any atom is 0.137 e. The molecule has 2 aromatic carbocycles. The molecular formula is C15H15BrFNO. The molecule has 0 aliphatic heterocycles. The Bertz CT molecular complexity index is 601. The fourth-order valence-corrected chi connectivity index (χ4v) is 2.39. The Kier molecular flexibility index (Phi) is 4.22. The third-order valence-electron chi connectivity index (χ3n) is 3.08. The van der Waals surface area contributed by atoms with Crippen LogP contribution in [0.25, 0.3) is 0 Å². The summed E-state index contributed by atoms with van der Waals surface area (Å²) in [6, 6.07) is 10.3. The summed E-state index contributed by atoms with van der Waals surface area (Å²) in [5.41, 5.74) is 9.06. The summed E-state index contributed by atoms with van der Waals surface area (Å²) in [5.74, 6) is 0.540. The number of methoxy groups -OCH3 is 1. The molecule has 0 saturated heterocycles. The van der Waals surface area contributed by atoms with E-state index in [9.17, 15) is 4.39 Å². The molecule has 2 rings (SSSR count). The van der Waals surface area contributed by atoms with Gasteiger partial charge in [-0.1, -0.05) is 18.2 Å². The number of benzene rings is 2. The molecule has 2 nitrogen and oxygen atoms in total. The minimum atomic E-state index is -0.290. The van der Waals surface area contributed by atoms with Gasteiger partial charge in [0.2, 0.25) is 0 Å². The highest BCUT2D eigenvalue weighted by atomic mass is 79.9. The van der Waals surface area contributed by atoms with Gasteiger partial charge in [-0.25, -0.2) is 4.39 Å². The van der Waals surface area contributed by atoms with Gasteiger partial charge < -0.3 is 10.5 Å². The van der Waals surface area contributed by atoms with Crippen LogP contribution in [0.15, 0.2) is 40.9 Å². The van der Waals surface area contributed by atoms with Crippen LogP contribution in [0.1, 0.15) is 22.7 Å². The van der Waals surface area contributed by atoms with Gasteiger partial charge in [-0.05, 0) is 57.7 Å². The van der Waals surface area contributed by atoms with E-state index in [0.29, 0.717) is 4.47 Å². The van der Waals surface area contributed by atoms with E-state index in [1.165, 1.54) is 6.07 Å². The molecule has 4 heteroatoms. The quantitative estimate of drug-likeness (QED) is 0.928. The van der Waals surface area contributed by atoms with Crippen LogP contribution in [0.2, 0.25) is 0 Å². The van der Waals surface area contributed by atoms with E-state index in [-0.39, 0.29) is 11.9 Å². The Balaban J connectivity index is 2.35. The molecule has 0 radical (unpaired) electrons. The van der Waals surface area contributed by atoms with E-state index in [4.69, 9.17) is 10.5 Å². The van der Waals surface area contributed by atoms with Crippen LogP contribution in [0.5, 0.6) is 5.75 Å². The Hall–Kier alpha value is -1.39. The van der Waals surface area contributed by atoms with Crippen molar-refractivity contribution in [3.63, 3.8) is 0 Å². The van der Waals surface area contributed by atoms with Crippen LogP contribution < -0.4 is 10.5 Å². The van der Waals surface area contributed by atoms with Crippen LogP contribution in [0, 0.1) is 12.7 Å². The average molecular weight is 324 g/mol. The second-order valence-corrected chi connectivity index (χ2v) is 5.23. The molecule has 0 aliphatic rings. The van der Waals surface area contributed by atoms with Gasteiger partial charge in [0.1, 0.15) is 11.6 Å². The molecule has 0 amide bonds. The lowest BCUT2D eigenvalue weighted by Crippen LogP contribution is -2.12. The molecule has 0 spiro atoms. The van der Waals surface area contributed by atoms with Gasteiger partial charge in [-0.3, -0.25) is 0 Å². The van der Waals surface area contributed by atoms with E-state index in [0.717, 1.165) is 22.4 Å². The highest BCUT2D eigenvalue weighted by molar-refractivity contribution is 9.10. The summed E-state index contributed by atoms with van der Waals surface area (Å²) in [5, 5.41) is 0. The fraction of sp³-hybridized carbons (Fsp3) is 0.200. The van der Waals surface area contributed by atoms with Crippen molar-refractivity contribution in [1.29, 1.82) is 0 Å². The van der Waals surface area contributed by atoms with Crippen LogP contribution >= 0.6 is 15.9 Å². The van der Waals surface area contributed by atoms with Gasteiger partial charge in [0.15, 0.2) is 0 Å². The summed E-state index contributed by atoms with van der Waals surface area (Å²) < 4.78 is 18.9. The molecular weight excluding hydrogens is 309 g/mol. The lowest BCUT2D eigenvalue weighted by atomic mass is 9.98. The van der Waals surface area contributed by atoms with Gasteiger partial charge >= 0.3 is 0 Å². The molecule has 100 valence electrons. The van der Waals surface area contributed by atoms with Crippen molar-refractivity contribution in [2.45, 2.75) is 13.0 Å². The van der Waals surface area contributed by atoms with Gasteiger partial charge in [0.25, 0.3) is 0 Å². The molecule has 0 bridgehead atoms. The van der Waals surface area contributed by atoms with Crippen molar-refractivity contribution in [3.05, 3.63) is 63.4 Å². The number of ether oxygens (including phenoxy) is 1. The largest absolute Gasteiger partial charge is 0.496 e. The monoisotopic (exact) mass is 323 g/mol. The molecule has 0 heterocycles. The third-order valence-corrected chi connectivity index (χ3v) is 3.69. The Morgan fingerprint density at radius 1 is 1.16 bits per heavy atom. The Labute approximate surface area is 120 Å². The standard InChI is InChI=1S/C15H15BrFNO/c1-9-7-10(4-6-14(9)19-2)15(18)11-3-5-13(17)12(16)8-11/h3-8,15H,18H2,1-2H3/t15-/m1/s1. The van der Waals surface area contributed by atoms with Crippen molar-refractivity contribution in [3.8, 4) is 5.75 Å². The fourth-order valence-electron chi connectivity index (χ4n) is 1.99. The van der Waals surface area contributed by atoms with Gasteiger partial charge in [0, 0.05) is 0 Å². The zero-order valence-corrected chi connectivity index (χ0v) is 12.4. The van der Waals surface area contributed by atoms with Crippen molar-refractivity contribution in [1.82, 2.24) is 0 Å². The topological polar surface area (TPSA) is 35.2 Å². The first-order chi connectivity index (χ1) is 9.02. The van der Waals surface area contributed by atoms with Gasteiger partial charge in [-0.15, -0.1) is 0 Å². The predicted octanol–water partition coefficient (Wildman–Crippen LogP) is 3.95. The molecule has 2 N–H and O–H groups in total. The summed E-state index contributed by atoms with van der Waals surface area (Å²) in [4.78, 5) is 0. The number of hydrogen-bond donors (Lipinski definition) is 1. The van der Waals surface area contributed by atoms with Crippen LogP contribution in [0.3, 0.4) is 0 Å². The van der Waals surface area contributed by atoms with E-state index in [1.807, 2.05) is 25.1 Å². The first-order valence-corrected chi connectivity index (χ1v) is 6.67. The number of aryl methyl sites for hydroxylation is 1. The summed E-state index contributed by atoms with van der Waals surface area (Å²) in [7, 11) is 1.64. The molecule has 0 saturated carbocycles. The Morgan fingerprint density at radius 2 is 1.79 bits per heavy atom. The lowest BCUT2D eigenvalue weighted by molar-refractivity contribution is 0.411. The predicted molar refractivity (Wildman–Crippen MR) is 77.9 cm³/mol. The van der Waals surface area contributed by atoms with Crippen molar-refractivity contribution >= 4 is 15.9 Å². The summed E-state index contributed by atoms with van der Waals surface area (Å²) >= 11 is 3.17. The zero-order chi connectivity index (χ0) is 14.0. The van der Waals surface area contributed by atoms with Crippen molar-refractivity contribution < 1.29 is 9.13 Å². The van der Waals surface area contributed by atoms with E-state index >= 15 is 0 Å². The summed E-state index contributed by atoms with van der Waals surface area (Å²) in [6.45, 7) is 1.97. The van der Waals surface area contributed by atoms with Crippen LogP contribution in [-0.4, -0.2) is 7.11 Å². The van der Waals surface area contributed by atoms with E-state index in [1.54, 1.807) is 19.2 Å². The first-order valence-electron chi connectivity index (χ1n) is 5.88. The van der Waals surface area contributed by atoms with Gasteiger partial charge in [-0.2, -0.15) is 0 Å². The highest BCUT2D eigenvalue weighted by Gasteiger charge is 2.12. The maximum atomic E-state index is 13.2. The maximum absolute atomic E-state index is 13.2. The van der Waals surface area contributed by atoms with Crippen molar-refractivity contribution in [2.75, 3.05) is 7.11 Å². The molecule has 0 aromatic heterocycles. The SMILES string of the molecule is COc1ccc([C@@H](N)c2ccc(F)c(Br)c2)cc1C. The zero-order valence-electron chi connectivity index (χ0n) is 10.8. The molecule has 0 aliphatic carbocycles. The van der Waals surface area contributed by atoms with Crippen LogP contribution in [-0.2, 0) is 0 Å². The average Bonchev–Trinajstić information content (AvgIpc) is 2.41. The second kappa shape index (κ2) is 5.72. The second-order valence-electron chi connectivity index (χ2n) is 4.38. The highest BCUT2D eigenvalue weighted by Crippen LogP contribution is 2.27. The number of hydrogen-bond acceptors (Lipinski definition) is 2. The third kappa shape index (κ3) is 2.96. The minimum absolute atomic E-state index is 0.290. The number of nitrogens with two attached hydrogens (primary N) is 1.